The van der Waals surface area contributed by atoms with E-state index in [9.17, 15) is 9.59 Å². The standard InChI is InChI=1S/C22H22N2O2S/c1-2-12-24(16-19-10-6-13-27-19)22(26)15-23-21(25)14-18-9-5-8-17-7-3-4-11-20(17)18/h2-11,13H,1,12,14-16H2,(H,23,25). The highest BCUT2D eigenvalue weighted by Crippen LogP contribution is 2.18. The summed E-state index contributed by atoms with van der Waals surface area (Å²) in [6.07, 6.45) is 1.95. The van der Waals surface area contributed by atoms with Crippen LogP contribution in [0, 0.1) is 0 Å². The van der Waals surface area contributed by atoms with E-state index in [4.69, 9.17) is 0 Å². The zero-order valence-electron chi connectivity index (χ0n) is 15.1. The van der Waals surface area contributed by atoms with Crippen molar-refractivity contribution in [3.8, 4) is 0 Å². The third-order valence-corrected chi connectivity index (χ3v) is 5.16. The minimum atomic E-state index is -0.158. The van der Waals surface area contributed by atoms with E-state index < -0.39 is 0 Å². The number of nitrogens with zero attached hydrogens (tertiary/aromatic N) is 1. The van der Waals surface area contributed by atoms with Crippen LogP contribution >= 0.6 is 11.3 Å². The fourth-order valence-corrected chi connectivity index (χ4v) is 3.69. The molecule has 2 aromatic carbocycles. The Morgan fingerprint density at radius 1 is 1.07 bits per heavy atom. The molecule has 2 amide bonds. The van der Waals surface area contributed by atoms with Crippen LogP contribution in [0.2, 0.25) is 0 Å². The fraction of sp³-hybridized carbons (Fsp3) is 0.182. The van der Waals surface area contributed by atoms with Gasteiger partial charge in [-0.25, -0.2) is 0 Å². The number of hydrogen-bond acceptors (Lipinski definition) is 3. The Morgan fingerprint density at radius 2 is 1.89 bits per heavy atom. The SMILES string of the molecule is C=CCN(Cc1cccs1)C(=O)CNC(=O)Cc1cccc2ccccc12. The van der Waals surface area contributed by atoms with E-state index in [1.807, 2.05) is 60.0 Å². The van der Waals surface area contributed by atoms with Gasteiger partial charge >= 0.3 is 0 Å². The van der Waals surface area contributed by atoms with Gasteiger partial charge in [-0.2, -0.15) is 0 Å². The lowest BCUT2D eigenvalue weighted by Gasteiger charge is -2.20. The van der Waals surface area contributed by atoms with Crippen molar-refractivity contribution >= 4 is 33.9 Å². The molecule has 0 spiro atoms. The Hall–Kier alpha value is -2.92. The first-order valence-corrected chi connectivity index (χ1v) is 9.69. The van der Waals surface area contributed by atoms with Gasteiger partial charge in [0.25, 0.3) is 0 Å². The van der Waals surface area contributed by atoms with E-state index in [1.54, 1.807) is 22.3 Å². The van der Waals surface area contributed by atoms with E-state index in [0.717, 1.165) is 21.2 Å². The summed E-state index contributed by atoms with van der Waals surface area (Å²) in [5.41, 5.74) is 0.958. The van der Waals surface area contributed by atoms with Crippen molar-refractivity contribution < 1.29 is 9.59 Å². The molecular weight excluding hydrogens is 356 g/mol. The molecule has 0 bridgehead atoms. The van der Waals surface area contributed by atoms with Crippen LogP contribution in [0.15, 0.2) is 72.6 Å². The Balaban J connectivity index is 1.58. The molecule has 0 saturated heterocycles. The zero-order chi connectivity index (χ0) is 19.1. The van der Waals surface area contributed by atoms with Gasteiger partial charge in [0.1, 0.15) is 0 Å². The van der Waals surface area contributed by atoms with Gasteiger partial charge in [-0.3, -0.25) is 9.59 Å². The first-order chi connectivity index (χ1) is 13.2. The van der Waals surface area contributed by atoms with Gasteiger partial charge in [-0.15, -0.1) is 17.9 Å². The molecule has 1 heterocycles. The number of carbonyl (C=O) groups excluding carboxylic acids is 2. The molecule has 3 aromatic rings. The topological polar surface area (TPSA) is 49.4 Å². The van der Waals surface area contributed by atoms with Gasteiger partial charge in [0.05, 0.1) is 19.5 Å². The van der Waals surface area contributed by atoms with Crippen LogP contribution in [-0.4, -0.2) is 29.8 Å². The van der Waals surface area contributed by atoms with Gasteiger partial charge < -0.3 is 10.2 Å². The number of carbonyl (C=O) groups is 2. The number of rotatable bonds is 8. The highest BCUT2D eigenvalue weighted by molar-refractivity contribution is 7.09. The zero-order valence-corrected chi connectivity index (χ0v) is 15.9. The summed E-state index contributed by atoms with van der Waals surface area (Å²) in [5.74, 6) is -0.274. The summed E-state index contributed by atoms with van der Waals surface area (Å²) >= 11 is 1.61. The molecule has 138 valence electrons. The van der Waals surface area contributed by atoms with E-state index >= 15 is 0 Å². The van der Waals surface area contributed by atoms with E-state index in [-0.39, 0.29) is 24.8 Å². The van der Waals surface area contributed by atoms with Gasteiger partial charge in [-0.05, 0) is 27.8 Å². The largest absolute Gasteiger partial charge is 0.347 e. The maximum Gasteiger partial charge on any atom is 0.242 e. The molecule has 3 rings (SSSR count). The second-order valence-corrected chi connectivity index (χ2v) is 7.27. The predicted molar refractivity (Wildman–Crippen MR) is 111 cm³/mol. The number of hydrogen-bond donors (Lipinski definition) is 1. The number of nitrogens with one attached hydrogen (secondary N) is 1. The number of fused-ring (bicyclic) bond motifs is 1. The number of benzene rings is 2. The summed E-state index contributed by atoms with van der Waals surface area (Å²) < 4.78 is 0. The van der Waals surface area contributed by atoms with Crippen molar-refractivity contribution in [2.45, 2.75) is 13.0 Å². The van der Waals surface area contributed by atoms with Crippen LogP contribution in [0.3, 0.4) is 0 Å². The first-order valence-electron chi connectivity index (χ1n) is 8.82. The van der Waals surface area contributed by atoms with Crippen molar-refractivity contribution in [2.75, 3.05) is 13.1 Å². The van der Waals surface area contributed by atoms with Crippen molar-refractivity contribution in [3.05, 3.63) is 83.1 Å². The minimum absolute atomic E-state index is 0.0111. The van der Waals surface area contributed by atoms with Crippen molar-refractivity contribution in [1.82, 2.24) is 10.2 Å². The molecule has 0 saturated carbocycles. The molecule has 5 heteroatoms. The summed E-state index contributed by atoms with van der Waals surface area (Å²) in [6, 6.07) is 17.9. The highest BCUT2D eigenvalue weighted by Gasteiger charge is 2.15. The number of amides is 2. The predicted octanol–water partition coefficient (Wildman–Crippen LogP) is 3.77. The molecule has 0 aliphatic carbocycles. The van der Waals surface area contributed by atoms with Crippen LogP contribution in [0.25, 0.3) is 10.8 Å². The van der Waals surface area contributed by atoms with Crippen LogP contribution in [0.1, 0.15) is 10.4 Å². The lowest BCUT2D eigenvalue weighted by molar-refractivity contribution is -0.132. The molecule has 0 aliphatic rings. The minimum Gasteiger partial charge on any atom is -0.347 e. The first kappa shape index (κ1) is 18.9. The normalized spacial score (nSPS) is 10.5. The van der Waals surface area contributed by atoms with E-state index in [0.29, 0.717) is 13.1 Å². The molecule has 1 N–H and O–H groups in total. The molecular formula is C22H22N2O2S. The molecule has 1 aromatic heterocycles. The molecule has 0 aliphatic heterocycles. The molecule has 4 nitrogen and oxygen atoms in total. The summed E-state index contributed by atoms with van der Waals surface area (Å²) in [4.78, 5) is 27.7. The maximum absolute atomic E-state index is 12.5. The lowest BCUT2D eigenvalue weighted by Crippen LogP contribution is -2.40. The average molecular weight is 378 g/mol. The smallest absolute Gasteiger partial charge is 0.242 e. The molecule has 0 unspecified atom stereocenters. The summed E-state index contributed by atoms with van der Waals surface area (Å²) in [7, 11) is 0. The van der Waals surface area contributed by atoms with Crippen molar-refractivity contribution in [3.63, 3.8) is 0 Å². The molecule has 27 heavy (non-hydrogen) atoms. The van der Waals surface area contributed by atoms with Gasteiger partial charge in [0.15, 0.2) is 0 Å². The van der Waals surface area contributed by atoms with Gasteiger partial charge in [0.2, 0.25) is 11.8 Å². The van der Waals surface area contributed by atoms with E-state index in [1.165, 1.54) is 0 Å². The Kier molecular flexibility index (Phi) is 6.39. The second-order valence-electron chi connectivity index (χ2n) is 6.23. The maximum atomic E-state index is 12.5. The van der Waals surface area contributed by atoms with Crippen LogP contribution in [0.5, 0.6) is 0 Å². The molecule has 0 radical (unpaired) electrons. The van der Waals surface area contributed by atoms with Crippen LogP contribution in [0.4, 0.5) is 0 Å². The van der Waals surface area contributed by atoms with Gasteiger partial charge in [0, 0.05) is 11.4 Å². The molecule has 0 atom stereocenters. The second kappa shape index (κ2) is 9.14. The molecule has 0 fully saturated rings. The van der Waals surface area contributed by atoms with Gasteiger partial charge in [-0.1, -0.05) is 54.6 Å². The Bertz CT molecular complexity index is 929. The Morgan fingerprint density at radius 3 is 2.67 bits per heavy atom. The van der Waals surface area contributed by atoms with E-state index in [2.05, 4.69) is 11.9 Å². The van der Waals surface area contributed by atoms with Crippen molar-refractivity contribution in [1.29, 1.82) is 0 Å². The Labute approximate surface area is 163 Å². The lowest BCUT2D eigenvalue weighted by atomic mass is 10.0. The fourth-order valence-electron chi connectivity index (χ4n) is 2.97. The number of thiophene rings is 1. The third kappa shape index (κ3) is 5.05. The third-order valence-electron chi connectivity index (χ3n) is 4.30. The quantitative estimate of drug-likeness (QED) is 0.607. The monoisotopic (exact) mass is 378 g/mol. The van der Waals surface area contributed by atoms with Crippen molar-refractivity contribution in [2.24, 2.45) is 0 Å². The van der Waals surface area contributed by atoms with Crippen LogP contribution < -0.4 is 5.32 Å². The summed E-state index contributed by atoms with van der Waals surface area (Å²) in [6.45, 7) is 4.69. The highest BCUT2D eigenvalue weighted by atomic mass is 32.1. The average Bonchev–Trinajstić information content (AvgIpc) is 3.19. The van der Waals surface area contributed by atoms with Crippen LogP contribution in [-0.2, 0) is 22.6 Å². The summed E-state index contributed by atoms with van der Waals surface area (Å²) in [5, 5.41) is 6.90.